The molecule has 0 amide bonds. The van der Waals surface area contributed by atoms with Crippen LogP contribution in [0.4, 0.5) is 0 Å². The Balaban J connectivity index is 1.96. The van der Waals surface area contributed by atoms with Crippen molar-refractivity contribution in [3.8, 4) is 0 Å². The van der Waals surface area contributed by atoms with Crippen LogP contribution in [0.3, 0.4) is 0 Å². The predicted octanol–water partition coefficient (Wildman–Crippen LogP) is 1.78. The van der Waals surface area contributed by atoms with Crippen LogP contribution in [0.5, 0.6) is 0 Å². The Kier molecular flexibility index (Phi) is 2.88. The molecule has 0 aliphatic heterocycles. The van der Waals surface area contributed by atoms with Crippen molar-refractivity contribution in [3.63, 3.8) is 0 Å². The maximum Gasteiger partial charge on any atom is 0.161 e. The fraction of sp³-hybridized carbons (Fsp3) is 0.429. The maximum absolute atomic E-state index is 5.55. The first-order valence-electron chi connectivity index (χ1n) is 6.52. The highest BCUT2D eigenvalue weighted by Crippen LogP contribution is 2.47. The Morgan fingerprint density at radius 1 is 1.22 bits per heavy atom. The molecule has 18 heavy (non-hydrogen) atoms. The first-order valence-corrected chi connectivity index (χ1v) is 6.52. The Morgan fingerprint density at radius 3 is 2.61 bits per heavy atom. The Bertz CT molecular complexity index is 514. The van der Waals surface area contributed by atoms with Crippen LogP contribution in [-0.2, 0) is 11.8 Å². The van der Waals surface area contributed by atoms with Gasteiger partial charge in [0.25, 0.3) is 0 Å². The number of rotatable bonds is 4. The number of aromatic amines is 1. The third kappa shape index (κ3) is 1.73. The molecule has 0 atom stereocenters. The molecule has 1 heterocycles. The number of nitrogens with two attached hydrogens (primary N) is 1. The van der Waals surface area contributed by atoms with Gasteiger partial charge in [0.15, 0.2) is 5.82 Å². The second-order valence-corrected chi connectivity index (χ2v) is 4.95. The fourth-order valence-electron chi connectivity index (χ4n) is 2.69. The zero-order valence-electron chi connectivity index (χ0n) is 10.4. The van der Waals surface area contributed by atoms with Crippen molar-refractivity contribution in [3.05, 3.63) is 47.5 Å². The van der Waals surface area contributed by atoms with Crippen LogP contribution < -0.4 is 5.73 Å². The van der Waals surface area contributed by atoms with Crippen molar-refractivity contribution in [2.45, 2.75) is 31.1 Å². The molecule has 0 saturated heterocycles. The standard InChI is InChI=1S/C14H18N4/c15-10-7-12-16-13(18-17-12)14(8-4-9-14)11-5-2-1-3-6-11/h1-3,5-6H,4,7-10,15H2,(H,16,17,18). The lowest BCUT2D eigenvalue weighted by Gasteiger charge is -2.39. The van der Waals surface area contributed by atoms with E-state index in [1.165, 1.54) is 12.0 Å². The van der Waals surface area contributed by atoms with E-state index in [-0.39, 0.29) is 5.41 Å². The van der Waals surface area contributed by atoms with E-state index in [4.69, 9.17) is 5.73 Å². The molecular weight excluding hydrogens is 224 g/mol. The zero-order valence-corrected chi connectivity index (χ0v) is 10.4. The molecule has 94 valence electrons. The molecule has 1 aliphatic carbocycles. The number of H-pyrrole nitrogens is 1. The third-order valence-corrected chi connectivity index (χ3v) is 3.87. The first-order chi connectivity index (χ1) is 8.85. The molecule has 1 fully saturated rings. The minimum Gasteiger partial charge on any atom is -0.330 e. The summed E-state index contributed by atoms with van der Waals surface area (Å²) in [5, 5.41) is 7.42. The third-order valence-electron chi connectivity index (χ3n) is 3.87. The largest absolute Gasteiger partial charge is 0.330 e. The van der Waals surface area contributed by atoms with Crippen LogP contribution in [0.2, 0.25) is 0 Å². The highest BCUT2D eigenvalue weighted by molar-refractivity contribution is 5.35. The van der Waals surface area contributed by atoms with E-state index in [0.29, 0.717) is 6.54 Å². The quantitative estimate of drug-likeness (QED) is 0.858. The van der Waals surface area contributed by atoms with Gasteiger partial charge in [-0.15, -0.1) is 0 Å². The molecule has 0 unspecified atom stereocenters. The number of aromatic nitrogens is 3. The van der Waals surface area contributed by atoms with Crippen molar-refractivity contribution in [2.24, 2.45) is 5.73 Å². The van der Waals surface area contributed by atoms with Crippen LogP contribution in [-0.4, -0.2) is 21.7 Å². The molecule has 0 spiro atoms. The summed E-state index contributed by atoms with van der Waals surface area (Å²) in [5.41, 5.74) is 6.91. The lowest BCUT2D eigenvalue weighted by molar-refractivity contribution is 0.286. The summed E-state index contributed by atoms with van der Waals surface area (Å²) < 4.78 is 0. The van der Waals surface area contributed by atoms with Crippen molar-refractivity contribution in [2.75, 3.05) is 6.54 Å². The summed E-state index contributed by atoms with van der Waals surface area (Å²) in [7, 11) is 0. The lowest BCUT2D eigenvalue weighted by Crippen LogP contribution is -2.36. The van der Waals surface area contributed by atoms with Gasteiger partial charge in [0.1, 0.15) is 5.82 Å². The second kappa shape index (κ2) is 4.53. The van der Waals surface area contributed by atoms with Gasteiger partial charge in [-0.05, 0) is 24.9 Å². The maximum atomic E-state index is 5.55. The molecule has 1 aromatic heterocycles. The van der Waals surface area contributed by atoms with E-state index in [2.05, 4.69) is 39.4 Å². The van der Waals surface area contributed by atoms with E-state index in [1.54, 1.807) is 0 Å². The molecule has 2 aromatic rings. The van der Waals surface area contributed by atoms with Crippen LogP contribution in [0, 0.1) is 0 Å². The lowest BCUT2D eigenvalue weighted by atomic mass is 9.64. The Hall–Kier alpha value is -1.68. The van der Waals surface area contributed by atoms with Gasteiger partial charge in [0.05, 0.1) is 5.41 Å². The normalized spacial score (nSPS) is 17.4. The van der Waals surface area contributed by atoms with Gasteiger partial charge in [0, 0.05) is 6.42 Å². The SMILES string of the molecule is NCCc1nc(C2(c3ccccc3)CCC2)n[nH]1. The number of hydrogen-bond donors (Lipinski definition) is 2. The van der Waals surface area contributed by atoms with Gasteiger partial charge < -0.3 is 5.73 Å². The van der Waals surface area contributed by atoms with Crippen molar-refractivity contribution < 1.29 is 0 Å². The van der Waals surface area contributed by atoms with E-state index in [1.807, 2.05) is 6.07 Å². The van der Waals surface area contributed by atoms with Gasteiger partial charge >= 0.3 is 0 Å². The number of benzene rings is 1. The summed E-state index contributed by atoms with van der Waals surface area (Å²) in [5.74, 6) is 1.83. The first kappa shape index (κ1) is 11.4. The minimum absolute atomic E-state index is 0.0323. The van der Waals surface area contributed by atoms with E-state index < -0.39 is 0 Å². The van der Waals surface area contributed by atoms with Gasteiger partial charge in [-0.1, -0.05) is 36.8 Å². The molecule has 1 aromatic carbocycles. The monoisotopic (exact) mass is 242 g/mol. The van der Waals surface area contributed by atoms with Crippen LogP contribution in [0.1, 0.15) is 36.5 Å². The molecular formula is C14H18N4. The van der Waals surface area contributed by atoms with Crippen molar-refractivity contribution in [1.29, 1.82) is 0 Å². The van der Waals surface area contributed by atoms with Gasteiger partial charge in [-0.25, -0.2) is 4.98 Å². The topological polar surface area (TPSA) is 67.6 Å². The molecule has 4 heteroatoms. The minimum atomic E-state index is 0.0323. The van der Waals surface area contributed by atoms with E-state index >= 15 is 0 Å². The highest BCUT2D eigenvalue weighted by atomic mass is 15.2. The van der Waals surface area contributed by atoms with Crippen molar-refractivity contribution >= 4 is 0 Å². The summed E-state index contributed by atoms with van der Waals surface area (Å²) in [6.45, 7) is 0.604. The number of nitrogens with zero attached hydrogens (tertiary/aromatic N) is 2. The molecule has 3 rings (SSSR count). The van der Waals surface area contributed by atoms with Gasteiger partial charge in [-0.2, -0.15) is 5.10 Å². The molecule has 0 radical (unpaired) electrons. The smallest absolute Gasteiger partial charge is 0.161 e. The molecule has 1 saturated carbocycles. The summed E-state index contributed by atoms with van der Waals surface area (Å²) in [6.07, 6.45) is 4.28. The van der Waals surface area contributed by atoms with Crippen LogP contribution in [0.15, 0.2) is 30.3 Å². The Labute approximate surface area is 107 Å². The average molecular weight is 242 g/mol. The van der Waals surface area contributed by atoms with Crippen LogP contribution >= 0.6 is 0 Å². The van der Waals surface area contributed by atoms with Crippen molar-refractivity contribution in [1.82, 2.24) is 15.2 Å². The number of nitrogens with one attached hydrogen (secondary N) is 1. The predicted molar refractivity (Wildman–Crippen MR) is 70.2 cm³/mol. The highest BCUT2D eigenvalue weighted by Gasteiger charge is 2.43. The van der Waals surface area contributed by atoms with Gasteiger partial charge in [0.2, 0.25) is 0 Å². The van der Waals surface area contributed by atoms with E-state index in [9.17, 15) is 0 Å². The number of hydrogen-bond acceptors (Lipinski definition) is 3. The average Bonchev–Trinajstić information content (AvgIpc) is 2.79. The fourth-order valence-corrected chi connectivity index (χ4v) is 2.69. The summed E-state index contributed by atoms with van der Waals surface area (Å²) >= 11 is 0. The summed E-state index contributed by atoms with van der Waals surface area (Å²) in [6, 6.07) is 10.6. The van der Waals surface area contributed by atoms with E-state index in [0.717, 1.165) is 30.9 Å². The molecule has 1 aliphatic rings. The molecule has 0 bridgehead atoms. The Morgan fingerprint density at radius 2 is 2.00 bits per heavy atom. The van der Waals surface area contributed by atoms with Gasteiger partial charge in [-0.3, -0.25) is 5.10 Å². The molecule has 4 nitrogen and oxygen atoms in total. The zero-order chi connectivity index (χ0) is 12.4. The second-order valence-electron chi connectivity index (χ2n) is 4.95. The summed E-state index contributed by atoms with van der Waals surface area (Å²) in [4.78, 5) is 4.62. The van der Waals surface area contributed by atoms with Crippen LogP contribution in [0.25, 0.3) is 0 Å². The molecule has 3 N–H and O–H groups in total.